The lowest BCUT2D eigenvalue weighted by Gasteiger charge is -2.38. The second-order valence-electron chi connectivity index (χ2n) is 15.0. The van der Waals surface area contributed by atoms with Crippen LogP contribution in [0.5, 0.6) is 0 Å². The normalized spacial score (nSPS) is 20.7. The molecule has 13 nitrogen and oxygen atoms in total. The fourth-order valence-electron chi connectivity index (χ4n) is 7.60. The van der Waals surface area contributed by atoms with Crippen LogP contribution in [0, 0.1) is 22.7 Å². The molecular weight excluding hydrogens is 660 g/mol. The number of guanidine groups is 1. The fourth-order valence-corrected chi connectivity index (χ4v) is 8.70. The third-order valence-electron chi connectivity index (χ3n) is 10.5. The highest BCUT2D eigenvalue weighted by Crippen LogP contribution is 2.29. The fraction of sp³-hybridized carbons (Fsp3) is 0.694. The van der Waals surface area contributed by atoms with Crippen molar-refractivity contribution in [2.45, 2.75) is 110 Å². The van der Waals surface area contributed by atoms with E-state index in [2.05, 4.69) is 5.32 Å². The van der Waals surface area contributed by atoms with E-state index in [1.165, 1.54) is 9.21 Å². The Morgan fingerprint density at radius 1 is 1.00 bits per heavy atom. The molecule has 2 aliphatic heterocycles. The molecule has 3 atom stereocenters. The van der Waals surface area contributed by atoms with E-state index in [0.29, 0.717) is 51.7 Å². The third kappa shape index (κ3) is 10.5. The molecule has 4 rings (SSSR count). The number of nitrogens with zero attached hydrogens (tertiary/aromatic N) is 3. The Morgan fingerprint density at radius 3 is 2.24 bits per heavy atom. The lowest BCUT2D eigenvalue weighted by Crippen LogP contribution is -2.56. The minimum atomic E-state index is -3.86. The first kappa shape index (κ1) is 39.3. The Morgan fingerprint density at radius 2 is 1.64 bits per heavy atom. The number of carbonyl (C=O) groups is 4. The lowest BCUT2D eigenvalue weighted by molar-refractivity contribution is -0.156. The maximum atomic E-state index is 14.0. The molecule has 0 bridgehead atoms. The number of hydrogen-bond donors (Lipinski definition) is 3. The third-order valence-corrected chi connectivity index (χ3v) is 11.7. The van der Waals surface area contributed by atoms with Crippen molar-refractivity contribution >= 4 is 39.7 Å². The van der Waals surface area contributed by atoms with Crippen molar-refractivity contribution in [1.82, 2.24) is 19.4 Å². The number of amides is 3. The van der Waals surface area contributed by atoms with Crippen molar-refractivity contribution < 1.29 is 32.3 Å². The van der Waals surface area contributed by atoms with Crippen molar-refractivity contribution in [1.29, 1.82) is 5.41 Å². The molecule has 0 aromatic heterocycles. The van der Waals surface area contributed by atoms with Gasteiger partial charge in [-0.3, -0.25) is 29.9 Å². The quantitative estimate of drug-likeness (QED) is 0.158. The van der Waals surface area contributed by atoms with Gasteiger partial charge in [0.25, 0.3) is 0 Å². The van der Waals surface area contributed by atoms with Crippen molar-refractivity contribution in [3.63, 3.8) is 0 Å². The number of benzene rings is 1. The van der Waals surface area contributed by atoms with E-state index >= 15 is 0 Å². The van der Waals surface area contributed by atoms with Gasteiger partial charge in [0, 0.05) is 31.6 Å². The van der Waals surface area contributed by atoms with Crippen LogP contribution < -0.4 is 11.1 Å². The monoisotopic (exact) mass is 716 g/mol. The van der Waals surface area contributed by atoms with Crippen molar-refractivity contribution in [3.05, 3.63) is 35.9 Å². The first-order valence-corrected chi connectivity index (χ1v) is 19.9. The Kier molecular flexibility index (Phi) is 13.5. The van der Waals surface area contributed by atoms with E-state index in [1.54, 1.807) is 25.7 Å². The molecule has 1 unspecified atom stereocenters. The molecule has 3 fully saturated rings. The highest BCUT2D eigenvalue weighted by molar-refractivity contribution is 7.88. The van der Waals surface area contributed by atoms with Gasteiger partial charge in [0.05, 0.1) is 12.2 Å². The number of likely N-dealkylation sites (tertiary alicyclic amines) is 2. The minimum absolute atomic E-state index is 0.0305. The highest BCUT2D eigenvalue weighted by atomic mass is 32.2. The molecule has 2 heterocycles. The number of ether oxygens (including phenoxy) is 1. The number of primary amides is 1. The first-order chi connectivity index (χ1) is 23.6. The average molecular weight is 717 g/mol. The van der Waals surface area contributed by atoms with Crippen LogP contribution in [0.2, 0.25) is 0 Å². The van der Waals surface area contributed by atoms with Crippen LogP contribution in [0.3, 0.4) is 0 Å². The minimum Gasteiger partial charge on any atom is -0.462 e. The summed E-state index contributed by atoms with van der Waals surface area (Å²) < 4.78 is 33.6. The second-order valence-corrected chi connectivity index (χ2v) is 17.0. The number of sulfonamides is 1. The number of esters is 1. The summed E-state index contributed by atoms with van der Waals surface area (Å²) in [5.41, 5.74) is 5.52. The lowest BCUT2D eigenvalue weighted by atomic mass is 9.85. The molecule has 1 aromatic carbocycles. The Labute approximate surface area is 297 Å². The smallest absolute Gasteiger partial charge is 0.309 e. The molecule has 1 saturated carbocycles. The number of nitrogens with two attached hydrogens (primary N) is 1. The Bertz CT molecular complexity index is 1470. The molecule has 278 valence electrons. The molecule has 0 radical (unpaired) electrons. The van der Waals surface area contributed by atoms with Crippen molar-refractivity contribution in [3.8, 4) is 0 Å². The summed E-state index contributed by atoms with van der Waals surface area (Å²) in [6.07, 6.45) is 8.17. The molecule has 1 aliphatic carbocycles. The van der Waals surface area contributed by atoms with Gasteiger partial charge in [0.1, 0.15) is 18.2 Å². The summed E-state index contributed by atoms with van der Waals surface area (Å²) in [5.74, 6) is -1.76. The Balaban J connectivity index is 1.36. The first-order valence-electron chi connectivity index (χ1n) is 18.0. The van der Waals surface area contributed by atoms with Crippen molar-refractivity contribution in [2.24, 2.45) is 23.0 Å². The molecule has 14 heteroatoms. The largest absolute Gasteiger partial charge is 0.462 e. The van der Waals surface area contributed by atoms with E-state index < -0.39 is 45.4 Å². The standard InChI is InChI=1S/C36H56N6O7S/c1-25(49-33(45)28-14-9-6-10-15-28)23-36(2,3)34(46)39-35(38)40-20-17-27(18-21-40)24-42(50(4,47)48)30(22-26-12-7-5-8-13-26)32(44)41-19-11-16-29(41)31(37)43/h5,7-8,12-13,25,27-30H,6,9-11,14-24H2,1-4H3,(H2,37,43)(H2,38,39,46)/t25?,29-,30+/m0/s1. The summed E-state index contributed by atoms with van der Waals surface area (Å²) >= 11 is 0. The van der Waals surface area contributed by atoms with Gasteiger partial charge in [-0.05, 0) is 69.8 Å². The Hall–Kier alpha value is -3.52. The topological polar surface area (TPSA) is 183 Å². The van der Waals surface area contributed by atoms with E-state index in [9.17, 15) is 27.6 Å². The summed E-state index contributed by atoms with van der Waals surface area (Å²) in [6.45, 7) is 6.62. The number of rotatable bonds is 13. The maximum absolute atomic E-state index is 14.0. The van der Waals surface area contributed by atoms with E-state index in [0.717, 1.165) is 43.9 Å². The number of hydrogen-bond acceptors (Lipinski definition) is 8. The molecule has 1 aromatic rings. The van der Waals surface area contributed by atoms with E-state index in [-0.39, 0.29) is 42.6 Å². The molecule has 50 heavy (non-hydrogen) atoms. The molecular formula is C36H56N6O7S. The molecule has 0 spiro atoms. The van der Waals surface area contributed by atoms with E-state index in [1.807, 2.05) is 30.3 Å². The number of nitrogens with one attached hydrogen (secondary N) is 2. The molecule has 4 N–H and O–H groups in total. The number of piperidine rings is 1. The highest BCUT2D eigenvalue weighted by Gasteiger charge is 2.42. The molecule has 3 amide bonds. The second kappa shape index (κ2) is 17.1. The van der Waals surface area contributed by atoms with Gasteiger partial charge in [0.2, 0.25) is 27.7 Å². The predicted molar refractivity (Wildman–Crippen MR) is 190 cm³/mol. The van der Waals surface area contributed by atoms with Gasteiger partial charge in [-0.1, -0.05) is 63.4 Å². The zero-order valence-corrected chi connectivity index (χ0v) is 30.9. The summed E-state index contributed by atoms with van der Waals surface area (Å²) in [5, 5.41) is 11.4. The van der Waals surface area contributed by atoms with Crippen LogP contribution in [-0.2, 0) is 40.4 Å². The van der Waals surface area contributed by atoms with Gasteiger partial charge >= 0.3 is 5.97 Å². The van der Waals surface area contributed by atoms with Crippen LogP contribution in [-0.4, -0.2) is 103 Å². The van der Waals surface area contributed by atoms with Gasteiger partial charge in [-0.25, -0.2) is 8.42 Å². The van der Waals surface area contributed by atoms with E-state index in [4.69, 9.17) is 15.9 Å². The summed E-state index contributed by atoms with van der Waals surface area (Å²) in [6, 6.07) is 7.40. The van der Waals surface area contributed by atoms with Crippen molar-refractivity contribution in [2.75, 3.05) is 32.4 Å². The van der Waals surface area contributed by atoms with Gasteiger partial charge in [-0.2, -0.15) is 4.31 Å². The average Bonchev–Trinajstić information content (AvgIpc) is 3.57. The molecule has 3 aliphatic rings. The zero-order valence-electron chi connectivity index (χ0n) is 30.1. The van der Waals surface area contributed by atoms with Crippen LogP contribution >= 0.6 is 0 Å². The molecule has 2 saturated heterocycles. The van der Waals surface area contributed by atoms with Gasteiger partial charge in [0.15, 0.2) is 5.96 Å². The zero-order chi connectivity index (χ0) is 36.6. The predicted octanol–water partition coefficient (Wildman–Crippen LogP) is 3.03. The van der Waals surface area contributed by atoms with Crippen LogP contribution in [0.15, 0.2) is 30.3 Å². The van der Waals surface area contributed by atoms with Crippen LogP contribution in [0.1, 0.15) is 90.5 Å². The maximum Gasteiger partial charge on any atom is 0.309 e. The van der Waals surface area contributed by atoms with Crippen LogP contribution in [0.4, 0.5) is 0 Å². The van der Waals surface area contributed by atoms with Gasteiger partial charge in [-0.15, -0.1) is 0 Å². The summed E-state index contributed by atoms with van der Waals surface area (Å²) in [7, 11) is -3.86. The van der Waals surface area contributed by atoms with Crippen LogP contribution in [0.25, 0.3) is 0 Å². The SMILES string of the molecule is CC(CC(C)(C)C(=O)NC(=N)N1CCC(CN([C@H](Cc2ccccc2)C(=O)N2CCC[C@H]2C(N)=O)S(C)(=O)=O)CC1)OC(=O)C1CCCCC1. The van der Waals surface area contributed by atoms with Gasteiger partial charge < -0.3 is 20.3 Å². The number of carbonyl (C=O) groups excluding carboxylic acids is 4. The summed E-state index contributed by atoms with van der Waals surface area (Å²) in [4.78, 5) is 55.3.